The van der Waals surface area contributed by atoms with Gasteiger partial charge in [0, 0.05) is 12.7 Å². The first-order valence-corrected chi connectivity index (χ1v) is 3.32. The maximum Gasteiger partial charge on any atom is 0.328 e. The highest BCUT2D eigenvalue weighted by Crippen LogP contribution is 2.12. The van der Waals surface area contributed by atoms with E-state index in [4.69, 9.17) is 9.84 Å². The van der Waals surface area contributed by atoms with Gasteiger partial charge in [0.1, 0.15) is 0 Å². The predicted octanol–water partition coefficient (Wildman–Crippen LogP) is 0.806. The summed E-state index contributed by atoms with van der Waals surface area (Å²) >= 11 is 0. The van der Waals surface area contributed by atoms with E-state index in [0.29, 0.717) is 0 Å². The highest BCUT2D eigenvalue weighted by atomic mass is 16.5. The van der Waals surface area contributed by atoms with Gasteiger partial charge in [-0.1, -0.05) is 0 Å². The van der Waals surface area contributed by atoms with Crippen LogP contribution in [0.25, 0.3) is 0 Å². The van der Waals surface area contributed by atoms with Crippen molar-refractivity contribution in [3.05, 3.63) is 12.2 Å². The Morgan fingerprint density at radius 3 is 3.00 bits per heavy atom. The van der Waals surface area contributed by atoms with Crippen molar-refractivity contribution < 1.29 is 14.6 Å². The van der Waals surface area contributed by atoms with Gasteiger partial charge in [-0.05, 0) is 18.9 Å². The Bertz CT molecular complexity index is 145. The molecule has 1 rings (SSSR count). The second-order valence-corrected chi connectivity index (χ2v) is 2.25. The van der Waals surface area contributed by atoms with Gasteiger partial charge in [0.15, 0.2) is 0 Å². The van der Waals surface area contributed by atoms with Gasteiger partial charge in [-0.15, -0.1) is 0 Å². The number of carbonyl (C=O) groups is 1. The minimum atomic E-state index is -0.907. The summed E-state index contributed by atoms with van der Waals surface area (Å²) in [5.41, 5.74) is 0. The van der Waals surface area contributed by atoms with Crippen LogP contribution in [0.4, 0.5) is 0 Å². The van der Waals surface area contributed by atoms with Crippen LogP contribution in [0.5, 0.6) is 0 Å². The third kappa shape index (κ3) is 2.19. The predicted molar refractivity (Wildman–Crippen MR) is 35.7 cm³/mol. The molecule has 0 aromatic heterocycles. The van der Waals surface area contributed by atoms with Crippen LogP contribution in [-0.4, -0.2) is 23.8 Å². The molecule has 0 bridgehead atoms. The van der Waals surface area contributed by atoms with Gasteiger partial charge >= 0.3 is 5.97 Å². The van der Waals surface area contributed by atoms with Gasteiger partial charge in [-0.3, -0.25) is 0 Å². The van der Waals surface area contributed by atoms with Gasteiger partial charge in [-0.2, -0.15) is 0 Å². The average Bonchev–Trinajstić information content (AvgIpc) is 2.34. The number of carboxylic acids is 1. The van der Waals surface area contributed by atoms with Gasteiger partial charge in [0.25, 0.3) is 0 Å². The molecule has 3 nitrogen and oxygen atoms in total. The van der Waals surface area contributed by atoms with E-state index >= 15 is 0 Å². The molecule has 56 valence electrons. The highest BCUT2D eigenvalue weighted by molar-refractivity contribution is 5.79. The van der Waals surface area contributed by atoms with E-state index in [1.54, 1.807) is 6.08 Å². The zero-order valence-corrected chi connectivity index (χ0v) is 5.62. The fraction of sp³-hybridized carbons (Fsp3) is 0.571. The largest absolute Gasteiger partial charge is 0.478 e. The van der Waals surface area contributed by atoms with Gasteiger partial charge in [0.05, 0.1) is 6.10 Å². The Hall–Kier alpha value is -0.830. The molecule has 0 aromatic rings. The minimum absolute atomic E-state index is 0.0381. The smallest absolute Gasteiger partial charge is 0.328 e. The van der Waals surface area contributed by atoms with Gasteiger partial charge < -0.3 is 9.84 Å². The summed E-state index contributed by atoms with van der Waals surface area (Å²) < 4.78 is 5.15. The first-order valence-electron chi connectivity index (χ1n) is 3.32. The lowest BCUT2D eigenvalue weighted by Crippen LogP contribution is -2.00. The summed E-state index contributed by atoms with van der Waals surface area (Å²) in [4.78, 5) is 10.0. The molecule has 10 heavy (non-hydrogen) atoms. The fourth-order valence-corrected chi connectivity index (χ4v) is 0.944. The van der Waals surface area contributed by atoms with E-state index in [2.05, 4.69) is 0 Å². The normalized spacial score (nSPS) is 25.8. The van der Waals surface area contributed by atoms with E-state index in [-0.39, 0.29) is 6.10 Å². The third-order valence-electron chi connectivity index (χ3n) is 1.42. The second-order valence-electron chi connectivity index (χ2n) is 2.25. The maximum atomic E-state index is 10.0. The maximum absolute atomic E-state index is 10.0. The van der Waals surface area contributed by atoms with Crippen molar-refractivity contribution in [2.24, 2.45) is 0 Å². The van der Waals surface area contributed by atoms with Crippen LogP contribution in [-0.2, 0) is 9.53 Å². The molecule has 0 aromatic carbocycles. The summed E-state index contributed by atoms with van der Waals surface area (Å²) in [7, 11) is 0. The van der Waals surface area contributed by atoms with Crippen molar-refractivity contribution in [2.45, 2.75) is 18.9 Å². The molecule has 1 fully saturated rings. The number of hydrogen-bond acceptors (Lipinski definition) is 2. The minimum Gasteiger partial charge on any atom is -0.478 e. The molecule has 0 aliphatic carbocycles. The van der Waals surface area contributed by atoms with Crippen LogP contribution >= 0.6 is 0 Å². The molecule has 0 amide bonds. The summed E-state index contributed by atoms with van der Waals surface area (Å²) in [5, 5.41) is 8.23. The molecule has 1 N–H and O–H groups in total. The topological polar surface area (TPSA) is 46.5 Å². The Labute approximate surface area is 59.3 Å². The van der Waals surface area contributed by atoms with Crippen LogP contribution in [0.3, 0.4) is 0 Å². The number of ether oxygens (including phenoxy) is 1. The van der Waals surface area contributed by atoms with E-state index in [1.165, 1.54) is 0 Å². The SMILES string of the molecule is O=C(O)C=C[C@@H]1CCCO1. The van der Waals surface area contributed by atoms with Crippen molar-refractivity contribution in [3.63, 3.8) is 0 Å². The molecule has 0 radical (unpaired) electrons. The molecule has 1 saturated heterocycles. The lowest BCUT2D eigenvalue weighted by atomic mass is 10.2. The Kier molecular flexibility index (Phi) is 2.45. The first kappa shape index (κ1) is 7.28. The lowest BCUT2D eigenvalue weighted by molar-refractivity contribution is -0.131. The molecular formula is C7H10O3. The van der Waals surface area contributed by atoms with Crippen LogP contribution in [0.2, 0.25) is 0 Å². The number of carboxylic acid groups (broad SMARTS) is 1. The summed E-state index contributed by atoms with van der Waals surface area (Å²) in [6.45, 7) is 0.759. The first-order chi connectivity index (χ1) is 4.79. The lowest BCUT2D eigenvalue weighted by Gasteiger charge is -1.98. The number of aliphatic carboxylic acids is 1. The second kappa shape index (κ2) is 3.37. The Balaban J connectivity index is 2.29. The standard InChI is InChI=1S/C7H10O3/c8-7(9)4-3-6-2-1-5-10-6/h3-4,6H,1-2,5H2,(H,8,9)/t6-/m0/s1. The molecule has 0 unspecified atom stereocenters. The highest BCUT2D eigenvalue weighted by Gasteiger charge is 2.11. The Morgan fingerprint density at radius 2 is 2.50 bits per heavy atom. The average molecular weight is 142 g/mol. The molecule has 1 atom stereocenters. The molecule has 0 saturated carbocycles. The summed E-state index contributed by atoms with van der Waals surface area (Å²) in [5.74, 6) is -0.907. The van der Waals surface area contributed by atoms with Crippen molar-refractivity contribution in [1.82, 2.24) is 0 Å². The van der Waals surface area contributed by atoms with Crippen molar-refractivity contribution in [2.75, 3.05) is 6.61 Å². The molecule has 1 heterocycles. The van der Waals surface area contributed by atoms with E-state index < -0.39 is 5.97 Å². The molecule has 0 spiro atoms. The van der Waals surface area contributed by atoms with Gasteiger partial charge in [-0.25, -0.2) is 4.79 Å². The molecular weight excluding hydrogens is 132 g/mol. The zero-order valence-electron chi connectivity index (χ0n) is 5.62. The summed E-state index contributed by atoms with van der Waals surface area (Å²) in [6, 6.07) is 0. The van der Waals surface area contributed by atoms with Crippen LogP contribution < -0.4 is 0 Å². The van der Waals surface area contributed by atoms with Crippen molar-refractivity contribution >= 4 is 5.97 Å². The Morgan fingerprint density at radius 1 is 1.70 bits per heavy atom. The van der Waals surface area contributed by atoms with Crippen LogP contribution in [0.15, 0.2) is 12.2 Å². The molecule has 1 aliphatic rings. The van der Waals surface area contributed by atoms with Crippen LogP contribution in [0.1, 0.15) is 12.8 Å². The monoisotopic (exact) mass is 142 g/mol. The zero-order chi connectivity index (χ0) is 7.40. The quantitative estimate of drug-likeness (QED) is 0.580. The third-order valence-corrected chi connectivity index (χ3v) is 1.42. The van der Waals surface area contributed by atoms with Gasteiger partial charge in [0.2, 0.25) is 0 Å². The van der Waals surface area contributed by atoms with Crippen molar-refractivity contribution in [3.8, 4) is 0 Å². The molecule has 1 aliphatic heterocycles. The van der Waals surface area contributed by atoms with E-state index in [1.807, 2.05) is 0 Å². The summed E-state index contributed by atoms with van der Waals surface area (Å²) in [6.07, 6.45) is 4.75. The number of rotatable bonds is 2. The van der Waals surface area contributed by atoms with E-state index in [9.17, 15) is 4.79 Å². The molecule has 3 heteroatoms. The number of hydrogen-bond donors (Lipinski definition) is 1. The fourth-order valence-electron chi connectivity index (χ4n) is 0.944. The van der Waals surface area contributed by atoms with Crippen LogP contribution in [0, 0.1) is 0 Å². The van der Waals surface area contributed by atoms with Crippen molar-refractivity contribution in [1.29, 1.82) is 0 Å². The van der Waals surface area contributed by atoms with E-state index in [0.717, 1.165) is 25.5 Å².